The first-order chi connectivity index (χ1) is 8.18. The summed E-state index contributed by atoms with van der Waals surface area (Å²) in [6, 6.07) is 5.81. The van der Waals surface area contributed by atoms with E-state index in [0.29, 0.717) is 11.8 Å². The molecule has 0 radical (unpaired) electrons. The number of carbonyl (C=O) groups is 1. The Morgan fingerprint density at radius 1 is 1.05 bits per heavy atom. The molecular formula is C15H24CrO3. The van der Waals surface area contributed by atoms with Gasteiger partial charge in [-0.2, -0.15) is 11.8 Å². The zero-order valence-electron chi connectivity index (χ0n) is 12.1. The van der Waals surface area contributed by atoms with Crippen molar-refractivity contribution in [1.29, 1.82) is 0 Å². The minimum Gasteiger partial charge on any atom is -0.507 e. The standard InChI is InChI=1S/C7H6O3.2C4H9.Cr/c8-6-4-2-1-3-5(6)7(9)10;2*1-4(2)3;/h1-4,8H,(H,9,10);2*4H,1H2,2-3H3;/q;2*-1;+2. The molecule has 0 amide bonds. The molecule has 0 aliphatic heterocycles. The average molecular weight is 304 g/mol. The predicted molar refractivity (Wildman–Crippen MR) is 75.5 cm³/mol. The number of rotatable bonds is 1. The molecule has 0 aliphatic rings. The van der Waals surface area contributed by atoms with Gasteiger partial charge in [-0.3, -0.25) is 0 Å². The fourth-order valence-electron chi connectivity index (χ4n) is 0.654. The topological polar surface area (TPSA) is 57.5 Å². The van der Waals surface area contributed by atoms with Crippen LogP contribution in [0.15, 0.2) is 24.3 Å². The summed E-state index contributed by atoms with van der Waals surface area (Å²) in [6.07, 6.45) is 0. The summed E-state index contributed by atoms with van der Waals surface area (Å²) >= 11 is 0. The Bertz CT molecular complexity index is 324. The van der Waals surface area contributed by atoms with Gasteiger partial charge in [0, 0.05) is 0 Å². The monoisotopic (exact) mass is 304 g/mol. The zero-order chi connectivity index (χ0) is 14.7. The molecule has 0 spiro atoms. The van der Waals surface area contributed by atoms with E-state index >= 15 is 0 Å². The van der Waals surface area contributed by atoms with Gasteiger partial charge in [-0.1, -0.05) is 39.8 Å². The van der Waals surface area contributed by atoms with Crippen molar-refractivity contribution in [3.8, 4) is 5.75 Å². The molecule has 0 heterocycles. The van der Waals surface area contributed by atoms with Crippen molar-refractivity contribution in [2.24, 2.45) is 11.8 Å². The largest absolute Gasteiger partial charge is 2.00 e. The van der Waals surface area contributed by atoms with E-state index in [2.05, 4.69) is 41.5 Å². The number of benzene rings is 1. The number of carboxylic acid groups (broad SMARTS) is 1. The van der Waals surface area contributed by atoms with Gasteiger partial charge < -0.3 is 24.1 Å². The molecule has 0 saturated heterocycles. The summed E-state index contributed by atoms with van der Waals surface area (Å²) in [4.78, 5) is 10.3. The van der Waals surface area contributed by atoms with Crippen molar-refractivity contribution < 1.29 is 32.4 Å². The van der Waals surface area contributed by atoms with Gasteiger partial charge in [0.1, 0.15) is 11.3 Å². The SMILES string of the molecule is O=C(O)c1ccccc1O.[CH2-]C(C)C.[CH2-]C(C)C.[Cr+2]. The molecule has 0 aromatic heterocycles. The molecule has 0 saturated carbocycles. The molecule has 2 N–H and O–H groups in total. The van der Waals surface area contributed by atoms with Crippen LogP contribution < -0.4 is 0 Å². The Morgan fingerprint density at radius 2 is 1.37 bits per heavy atom. The smallest absolute Gasteiger partial charge is 0.507 e. The molecule has 0 atom stereocenters. The molecule has 108 valence electrons. The number of para-hydroxylation sites is 1. The van der Waals surface area contributed by atoms with Crippen molar-refractivity contribution in [2.75, 3.05) is 0 Å². The first-order valence-corrected chi connectivity index (χ1v) is 5.85. The van der Waals surface area contributed by atoms with Crippen molar-refractivity contribution in [1.82, 2.24) is 0 Å². The minimum absolute atomic E-state index is 0. The first-order valence-electron chi connectivity index (χ1n) is 5.85. The fraction of sp³-hybridized carbons (Fsp3) is 0.400. The Labute approximate surface area is 127 Å². The summed E-state index contributed by atoms with van der Waals surface area (Å²) in [6.45, 7) is 15.5. The van der Waals surface area contributed by atoms with E-state index in [9.17, 15) is 4.79 Å². The molecule has 0 unspecified atom stereocenters. The van der Waals surface area contributed by atoms with E-state index in [-0.39, 0.29) is 28.7 Å². The Balaban J connectivity index is -0.000000242. The Morgan fingerprint density at radius 3 is 1.58 bits per heavy atom. The summed E-state index contributed by atoms with van der Waals surface area (Å²) < 4.78 is 0. The molecule has 1 rings (SSSR count). The van der Waals surface area contributed by atoms with Gasteiger partial charge in [-0.25, -0.2) is 4.79 Å². The van der Waals surface area contributed by atoms with Crippen LogP contribution in [0.1, 0.15) is 38.1 Å². The molecule has 0 fully saturated rings. The van der Waals surface area contributed by atoms with Crippen LogP contribution in [0.4, 0.5) is 0 Å². The van der Waals surface area contributed by atoms with Gasteiger partial charge in [0.15, 0.2) is 0 Å². The number of hydrogen-bond donors (Lipinski definition) is 2. The first kappa shape index (κ1) is 23.1. The van der Waals surface area contributed by atoms with Gasteiger partial charge in [-0.15, -0.1) is 0 Å². The molecule has 0 aliphatic carbocycles. The van der Waals surface area contributed by atoms with E-state index < -0.39 is 5.97 Å². The van der Waals surface area contributed by atoms with Crippen LogP contribution >= 0.6 is 0 Å². The molecule has 4 heteroatoms. The second-order valence-electron chi connectivity index (χ2n) is 4.61. The molecule has 1 aromatic carbocycles. The number of aromatic hydroxyl groups is 1. The van der Waals surface area contributed by atoms with Crippen molar-refractivity contribution >= 4 is 5.97 Å². The van der Waals surface area contributed by atoms with Crippen LogP contribution in [-0.4, -0.2) is 16.2 Å². The van der Waals surface area contributed by atoms with Crippen LogP contribution in [0.25, 0.3) is 0 Å². The number of carboxylic acids is 1. The van der Waals surface area contributed by atoms with E-state index in [4.69, 9.17) is 10.2 Å². The van der Waals surface area contributed by atoms with Crippen LogP contribution in [0.2, 0.25) is 0 Å². The maximum atomic E-state index is 10.3. The number of phenols is 1. The second-order valence-corrected chi connectivity index (χ2v) is 4.61. The van der Waals surface area contributed by atoms with Crippen molar-refractivity contribution in [3.05, 3.63) is 43.7 Å². The molecule has 3 nitrogen and oxygen atoms in total. The normalized spacial score (nSPS) is 8.63. The number of hydrogen-bond acceptors (Lipinski definition) is 2. The van der Waals surface area contributed by atoms with Crippen molar-refractivity contribution in [3.63, 3.8) is 0 Å². The fourth-order valence-corrected chi connectivity index (χ4v) is 0.654. The Kier molecular flexibility index (Phi) is 16.4. The molecular weight excluding hydrogens is 280 g/mol. The van der Waals surface area contributed by atoms with Gasteiger partial charge in [0.05, 0.1) is 0 Å². The van der Waals surface area contributed by atoms with Gasteiger partial charge >= 0.3 is 23.3 Å². The van der Waals surface area contributed by atoms with Crippen LogP contribution in [0, 0.1) is 25.7 Å². The van der Waals surface area contributed by atoms with E-state index in [1.165, 1.54) is 12.1 Å². The van der Waals surface area contributed by atoms with E-state index in [1.807, 2.05) is 0 Å². The molecule has 1 aromatic rings. The maximum absolute atomic E-state index is 10.3. The third kappa shape index (κ3) is 19.5. The third-order valence-electron chi connectivity index (χ3n) is 1.13. The van der Waals surface area contributed by atoms with Crippen LogP contribution in [0.3, 0.4) is 0 Å². The maximum Gasteiger partial charge on any atom is 2.00 e. The Hall–Kier alpha value is -0.978. The summed E-state index contributed by atoms with van der Waals surface area (Å²) in [5.74, 6) is -0.145. The van der Waals surface area contributed by atoms with E-state index in [0.717, 1.165) is 0 Å². The van der Waals surface area contributed by atoms with Crippen molar-refractivity contribution in [2.45, 2.75) is 27.7 Å². The van der Waals surface area contributed by atoms with Gasteiger partial charge in [0.2, 0.25) is 0 Å². The third-order valence-corrected chi connectivity index (χ3v) is 1.13. The van der Waals surface area contributed by atoms with E-state index in [1.54, 1.807) is 12.1 Å². The van der Waals surface area contributed by atoms with Gasteiger partial charge in [0.25, 0.3) is 0 Å². The number of aromatic carboxylic acids is 1. The summed E-state index contributed by atoms with van der Waals surface area (Å²) in [5.41, 5.74) is -0.0671. The quantitative estimate of drug-likeness (QED) is 0.770. The minimum atomic E-state index is -1.11. The van der Waals surface area contributed by atoms with Crippen LogP contribution in [-0.2, 0) is 17.4 Å². The summed E-state index contributed by atoms with van der Waals surface area (Å²) in [7, 11) is 0. The second kappa shape index (κ2) is 13.5. The predicted octanol–water partition coefficient (Wildman–Crippen LogP) is 4.04. The van der Waals surface area contributed by atoms with Crippen LogP contribution in [0.5, 0.6) is 5.75 Å². The summed E-state index contributed by atoms with van der Waals surface area (Å²) in [5, 5.41) is 17.3. The zero-order valence-corrected chi connectivity index (χ0v) is 13.4. The van der Waals surface area contributed by atoms with Gasteiger partial charge in [-0.05, 0) is 12.1 Å². The molecule has 0 bridgehead atoms. The average Bonchev–Trinajstić information content (AvgIpc) is 2.15. The molecule has 19 heavy (non-hydrogen) atoms.